The molecule has 0 saturated carbocycles. The summed E-state index contributed by atoms with van der Waals surface area (Å²) in [6.45, 7) is 7.47. The van der Waals surface area contributed by atoms with Gasteiger partial charge in [0.05, 0.1) is 12.4 Å². The molecule has 1 aromatic heterocycles. The van der Waals surface area contributed by atoms with Crippen molar-refractivity contribution < 1.29 is 0 Å². The van der Waals surface area contributed by atoms with Crippen LogP contribution in [0.2, 0.25) is 0 Å². The molecule has 1 saturated heterocycles. The molecule has 1 N–H and O–H groups in total. The van der Waals surface area contributed by atoms with E-state index in [0.717, 1.165) is 18.2 Å². The number of anilines is 2. The van der Waals surface area contributed by atoms with Gasteiger partial charge in [-0.15, -0.1) is 0 Å². The SMILES string of the molecule is CCNc1cncc(N2C(C)CCC2CC)n1. The maximum atomic E-state index is 4.65. The molecular weight excluding hydrogens is 212 g/mol. The maximum absolute atomic E-state index is 4.65. The van der Waals surface area contributed by atoms with Gasteiger partial charge in [-0.25, -0.2) is 4.98 Å². The molecule has 1 aliphatic rings. The first-order valence-corrected chi connectivity index (χ1v) is 6.60. The van der Waals surface area contributed by atoms with Crippen LogP contribution in [0, 0.1) is 0 Å². The second-order valence-electron chi connectivity index (χ2n) is 4.69. The monoisotopic (exact) mass is 234 g/mol. The predicted octanol–water partition coefficient (Wildman–Crippen LogP) is 2.68. The summed E-state index contributed by atoms with van der Waals surface area (Å²) in [7, 11) is 0. The minimum absolute atomic E-state index is 0.575. The third-order valence-electron chi connectivity index (χ3n) is 3.50. The lowest BCUT2D eigenvalue weighted by atomic mass is 10.1. The minimum atomic E-state index is 0.575. The molecule has 0 aliphatic carbocycles. The Balaban J connectivity index is 2.22. The van der Waals surface area contributed by atoms with Gasteiger partial charge in [0.25, 0.3) is 0 Å². The van der Waals surface area contributed by atoms with Crippen molar-refractivity contribution in [3.63, 3.8) is 0 Å². The molecule has 2 unspecified atom stereocenters. The number of aromatic nitrogens is 2. The molecule has 17 heavy (non-hydrogen) atoms. The van der Waals surface area contributed by atoms with Crippen molar-refractivity contribution in [2.45, 2.75) is 52.1 Å². The highest BCUT2D eigenvalue weighted by Crippen LogP contribution is 2.30. The third-order valence-corrected chi connectivity index (χ3v) is 3.50. The van der Waals surface area contributed by atoms with E-state index >= 15 is 0 Å². The fourth-order valence-corrected chi connectivity index (χ4v) is 2.63. The molecule has 0 radical (unpaired) electrons. The number of rotatable bonds is 4. The number of nitrogens with zero attached hydrogens (tertiary/aromatic N) is 3. The van der Waals surface area contributed by atoms with Crippen molar-refractivity contribution in [1.29, 1.82) is 0 Å². The first kappa shape index (κ1) is 12.1. The van der Waals surface area contributed by atoms with Gasteiger partial charge >= 0.3 is 0 Å². The fourth-order valence-electron chi connectivity index (χ4n) is 2.63. The van der Waals surface area contributed by atoms with Gasteiger partial charge < -0.3 is 10.2 Å². The second-order valence-corrected chi connectivity index (χ2v) is 4.69. The van der Waals surface area contributed by atoms with E-state index in [-0.39, 0.29) is 0 Å². The molecule has 0 bridgehead atoms. The summed E-state index contributed by atoms with van der Waals surface area (Å²) in [6.07, 6.45) is 7.37. The zero-order chi connectivity index (χ0) is 12.3. The quantitative estimate of drug-likeness (QED) is 0.869. The molecule has 1 fully saturated rings. The molecule has 0 aromatic carbocycles. The van der Waals surface area contributed by atoms with Gasteiger partial charge in [0, 0.05) is 18.6 Å². The summed E-state index contributed by atoms with van der Waals surface area (Å²) in [5, 5.41) is 3.22. The Kier molecular flexibility index (Phi) is 3.82. The van der Waals surface area contributed by atoms with Gasteiger partial charge in [0.1, 0.15) is 11.6 Å². The van der Waals surface area contributed by atoms with E-state index < -0.39 is 0 Å². The average Bonchev–Trinajstić information content (AvgIpc) is 2.71. The summed E-state index contributed by atoms with van der Waals surface area (Å²) >= 11 is 0. The zero-order valence-corrected chi connectivity index (χ0v) is 11.0. The Morgan fingerprint density at radius 3 is 2.88 bits per heavy atom. The van der Waals surface area contributed by atoms with Gasteiger partial charge in [-0.1, -0.05) is 6.92 Å². The normalized spacial score (nSPS) is 24.1. The molecule has 0 spiro atoms. The molecule has 1 aromatic rings. The predicted molar refractivity (Wildman–Crippen MR) is 71.4 cm³/mol. The standard InChI is InChI=1S/C13H22N4/c1-4-11-7-6-10(3)17(11)13-9-14-8-12(16-13)15-5-2/h8-11H,4-7H2,1-3H3,(H,15,16). The molecule has 4 nitrogen and oxygen atoms in total. The maximum Gasteiger partial charge on any atom is 0.150 e. The van der Waals surface area contributed by atoms with Crippen LogP contribution < -0.4 is 10.2 Å². The number of hydrogen-bond acceptors (Lipinski definition) is 4. The van der Waals surface area contributed by atoms with Crippen LogP contribution in [0.1, 0.15) is 40.0 Å². The summed E-state index contributed by atoms with van der Waals surface area (Å²) in [4.78, 5) is 11.4. The Morgan fingerprint density at radius 1 is 1.35 bits per heavy atom. The second kappa shape index (κ2) is 5.34. The van der Waals surface area contributed by atoms with Crippen LogP contribution in [0.15, 0.2) is 12.4 Å². The Morgan fingerprint density at radius 2 is 2.18 bits per heavy atom. The van der Waals surface area contributed by atoms with E-state index in [1.807, 2.05) is 6.20 Å². The lowest BCUT2D eigenvalue weighted by molar-refractivity contribution is 0.620. The number of hydrogen-bond donors (Lipinski definition) is 1. The molecule has 2 rings (SSSR count). The first-order valence-electron chi connectivity index (χ1n) is 6.60. The smallest absolute Gasteiger partial charge is 0.150 e. The fraction of sp³-hybridized carbons (Fsp3) is 0.692. The highest BCUT2D eigenvalue weighted by molar-refractivity contribution is 5.46. The van der Waals surface area contributed by atoms with Crippen LogP contribution in [0.25, 0.3) is 0 Å². The van der Waals surface area contributed by atoms with Crippen LogP contribution >= 0.6 is 0 Å². The minimum Gasteiger partial charge on any atom is -0.369 e. The van der Waals surface area contributed by atoms with E-state index in [0.29, 0.717) is 12.1 Å². The van der Waals surface area contributed by atoms with Gasteiger partial charge in [-0.2, -0.15) is 0 Å². The average molecular weight is 234 g/mol. The van der Waals surface area contributed by atoms with E-state index in [1.165, 1.54) is 19.3 Å². The van der Waals surface area contributed by atoms with Crippen LogP contribution in [0.5, 0.6) is 0 Å². The largest absolute Gasteiger partial charge is 0.369 e. The molecule has 94 valence electrons. The summed E-state index contributed by atoms with van der Waals surface area (Å²) in [5.74, 6) is 1.89. The van der Waals surface area contributed by atoms with Crippen molar-refractivity contribution in [2.24, 2.45) is 0 Å². The van der Waals surface area contributed by atoms with Crippen molar-refractivity contribution >= 4 is 11.6 Å². The van der Waals surface area contributed by atoms with Crippen molar-refractivity contribution in [3.8, 4) is 0 Å². The van der Waals surface area contributed by atoms with Crippen molar-refractivity contribution in [3.05, 3.63) is 12.4 Å². The van der Waals surface area contributed by atoms with Crippen LogP contribution in [0.4, 0.5) is 11.6 Å². The number of nitrogens with one attached hydrogen (secondary N) is 1. The molecule has 4 heteroatoms. The van der Waals surface area contributed by atoms with E-state index in [4.69, 9.17) is 0 Å². The molecular formula is C13H22N4. The van der Waals surface area contributed by atoms with E-state index in [2.05, 4.69) is 41.0 Å². The molecule has 0 amide bonds. The summed E-state index contributed by atoms with van der Waals surface area (Å²) in [5.41, 5.74) is 0. The summed E-state index contributed by atoms with van der Waals surface area (Å²) < 4.78 is 0. The van der Waals surface area contributed by atoms with Crippen molar-refractivity contribution in [2.75, 3.05) is 16.8 Å². The van der Waals surface area contributed by atoms with E-state index in [9.17, 15) is 0 Å². The molecule has 2 heterocycles. The Hall–Kier alpha value is -1.32. The highest BCUT2D eigenvalue weighted by Gasteiger charge is 2.30. The third kappa shape index (κ3) is 2.51. The van der Waals surface area contributed by atoms with E-state index in [1.54, 1.807) is 6.20 Å². The Labute approximate surface area is 103 Å². The highest BCUT2D eigenvalue weighted by atomic mass is 15.3. The van der Waals surface area contributed by atoms with Gasteiger partial charge in [-0.3, -0.25) is 4.98 Å². The first-order chi connectivity index (χ1) is 8.26. The molecule has 1 aliphatic heterocycles. The summed E-state index contributed by atoms with van der Waals surface area (Å²) in [6, 6.07) is 1.20. The Bertz CT molecular complexity index is 366. The lowest BCUT2D eigenvalue weighted by Crippen LogP contribution is -2.35. The molecule has 2 atom stereocenters. The van der Waals surface area contributed by atoms with Gasteiger partial charge in [0.2, 0.25) is 0 Å². The van der Waals surface area contributed by atoms with Crippen LogP contribution in [-0.4, -0.2) is 28.6 Å². The van der Waals surface area contributed by atoms with Crippen molar-refractivity contribution in [1.82, 2.24) is 9.97 Å². The lowest BCUT2D eigenvalue weighted by Gasteiger charge is -2.29. The topological polar surface area (TPSA) is 41.1 Å². The van der Waals surface area contributed by atoms with Gasteiger partial charge in [-0.05, 0) is 33.1 Å². The van der Waals surface area contributed by atoms with Gasteiger partial charge in [0.15, 0.2) is 0 Å². The van der Waals surface area contributed by atoms with Crippen LogP contribution in [-0.2, 0) is 0 Å². The van der Waals surface area contributed by atoms with Crippen LogP contribution in [0.3, 0.4) is 0 Å². The zero-order valence-electron chi connectivity index (χ0n) is 11.0.